The first-order valence-electron chi connectivity index (χ1n) is 7.08. The Morgan fingerprint density at radius 3 is 2.22 bits per heavy atom. The molecule has 0 radical (unpaired) electrons. The second-order valence-corrected chi connectivity index (χ2v) is 5.85. The Kier molecular flexibility index (Phi) is 3.35. The van der Waals surface area contributed by atoms with E-state index in [0.717, 1.165) is 22.1 Å². The lowest BCUT2D eigenvalue weighted by atomic mass is 10.0. The van der Waals surface area contributed by atoms with Crippen molar-refractivity contribution in [3.8, 4) is 22.3 Å². The van der Waals surface area contributed by atoms with E-state index in [9.17, 15) is 0 Å². The van der Waals surface area contributed by atoms with Gasteiger partial charge >= 0.3 is 0 Å². The van der Waals surface area contributed by atoms with Crippen molar-refractivity contribution in [3.63, 3.8) is 0 Å². The number of fused-ring (bicyclic) bond motifs is 1. The lowest BCUT2D eigenvalue weighted by Gasteiger charge is -2.04. The maximum Gasteiger partial charge on any atom is 0.233 e. The van der Waals surface area contributed by atoms with Gasteiger partial charge in [0.05, 0.1) is 5.39 Å². The van der Waals surface area contributed by atoms with Gasteiger partial charge in [-0.25, -0.2) is 9.97 Å². The largest absolute Gasteiger partial charge is 0.430 e. The van der Waals surface area contributed by atoms with Crippen molar-refractivity contribution in [1.29, 1.82) is 0 Å². The van der Waals surface area contributed by atoms with E-state index in [-0.39, 0.29) is 0 Å². The molecule has 0 amide bonds. The molecule has 0 aliphatic heterocycles. The number of anilines is 1. The highest BCUT2D eigenvalue weighted by atomic mass is 79.9. The lowest BCUT2D eigenvalue weighted by molar-refractivity contribution is 0.576. The topological polar surface area (TPSA) is 64.9 Å². The molecule has 23 heavy (non-hydrogen) atoms. The first kappa shape index (κ1) is 14.0. The summed E-state index contributed by atoms with van der Waals surface area (Å²) >= 11 is 3.45. The molecule has 0 aliphatic carbocycles. The van der Waals surface area contributed by atoms with Crippen molar-refractivity contribution >= 4 is 32.8 Å². The van der Waals surface area contributed by atoms with E-state index >= 15 is 0 Å². The highest BCUT2D eigenvalue weighted by Gasteiger charge is 2.18. The summed E-state index contributed by atoms with van der Waals surface area (Å²) in [5, 5.41) is 0.729. The standard InChI is InChI=1S/C18H12BrN3O/c19-16-14(15-17(20)21-10-22-18(15)23-16)13-8-6-12(7-9-13)11-4-2-1-3-5-11/h1-10H,(H2,20,21,22). The molecule has 2 aromatic heterocycles. The number of aromatic nitrogens is 2. The van der Waals surface area contributed by atoms with E-state index in [1.54, 1.807) is 0 Å². The third-order valence-electron chi connectivity index (χ3n) is 3.76. The SMILES string of the molecule is Nc1ncnc2oc(Br)c(-c3ccc(-c4ccccc4)cc3)c12. The minimum atomic E-state index is 0.409. The normalized spacial score (nSPS) is 11.0. The van der Waals surface area contributed by atoms with Gasteiger partial charge in [-0.15, -0.1) is 0 Å². The Morgan fingerprint density at radius 2 is 1.48 bits per heavy atom. The summed E-state index contributed by atoms with van der Waals surface area (Å²) in [7, 11) is 0. The lowest BCUT2D eigenvalue weighted by Crippen LogP contribution is -1.92. The monoisotopic (exact) mass is 365 g/mol. The molecule has 0 unspecified atom stereocenters. The van der Waals surface area contributed by atoms with Gasteiger partial charge < -0.3 is 10.2 Å². The van der Waals surface area contributed by atoms with E-state index in [0.29, 0.717) is 16.2 Å². The number of nitrogens with two attached hydrogens (primary N) is 1. The van der Waals surface area contributed by atoms with Gasteiger partial charge in [-0.3, -0.25) is 0 Å². The molecule has 0 bridgehead atoms. The van der Waals surface area contributed by atoms with Gasteiger partial charge in [0.2, 0.25) is 5.71 Å². The summed E-state index contributed by atoms with van der Waals surface area (Å²) in [4.78, 5) is 8.18. The highest BCUT2D eigenvalue weighted by molar-refractivity contribution is 9.10. The summed E-state index contributed by atoms with van der Waals surface area (Å²) in [5.41, 5.74) is 10.7. The number of nitrogens with zero attached hydrogens (tertiary/aromatic N) is 2. The maximum absolute atomic E-state index is 6.00. The number of furan rings is 1. The fourth-order valence-electron chi connectivity index (χ4n) is 2.65. The zero-order valence-corrected chi connectivity index (χ0v) is 13.6. The summed E-state index contributed by atoms with van der Waals surface area (Å²) in [5.74, 6) is 0.409. The Morgan fingerprint density at radius 1 is 0.826 bits per heavy atom. The van der Waals surface area contributed by atoms with Crippen LogP contribution in [-0.4, -0.2) is 9.97 Å². The highest BCUT2D eigenvalue weighted by Crippen LogP contribution is 2.39. The van der Waals surface area contributed by atoms with E-state index < -0.39 is 0 Å². The van der Waals surface area contributed by atoms with Crippen LogP contribution in [0.25, 0.3) is 33.4 Å². The van der Waals surface area contributed by atoms with E-state index in [1.165, 1.54) is 11.9 Å². The quantitative estimate of drug-likeness (QED) is 0.548. The van der Waals surface area contributed by atoms with Crippen LogP contribution in [0.2, 0.25) is 0 Å². The predicted molar refractivity (Wildman–Crippen MR) is 94.8 cm³/mol. The van der Waals surface area contributed by atoms with Crippen LogP contribution in [0.4, 0.5) is 5.82 Å². The number of hydrogen-bond acceptors (Lipinski definition) is 4. The van der Waals surface area contributed by atoms with Crippen molar-refractivity contribution in [2.75, 3.05) is 5.73 Å². The minimum Gasteiger partial charge on any atom is -0.430 e. The molecule has 0 saturated carbocycles. The second-order valence-electron chi connectivity index (χ2n) is 5.13. The van der Waals surface area contributed by atoms with E-state index in [1.807, 2.05) is 30.3 Å². The van der Waals surface area contributed by atoms with Crippen LogP contribution in [0.15, 0.2) is 70.0 Å². The van der Waals surface area contributed by atoms with Crippen molar-refractivity contribution in [2.24, 2.45) is 0 Å². The molecule has 0 atom stereocenters. The number of rotatable bonds is 2. The van der Waals surface area contributed by atoms with Gasteiger partial charge in [-0.2, -0.15) is 0 Å². The van der Waals surface area contributed by atoms with Crippen LogP contribution in [0.3, 0.4) is 0 Å². The van der Waals surface area contributed by atoms with E-state index in [4.69, 9.17) is 10.2 Å². The van der Waals surface area contributed by atoms with Gasteiger partial charge in [0.1, 0.15) is 12.1 Å². The fraction of sp³-hybridized carbons (Fsp3) is 0. The van der Waals surface area contributed by atoms with Gasteiger partial charge in [0.25, 0.3) is 0 Å². The van der Waals surface area contributed by atoms with Crippen molar-refractivity contribution in [3.05, 3.63) is 65.6 Å². The molecule has 2 N–H and O–H groups in total. The van der Waals surface area contributed by atoms with Crippen LogP contribution >= 0.6 is 15.9 Å². The van der Waals surface area contributed by atoms with Gasteiger partial charge in [-0.05, 0) is 32.6 Å². The van der Waals surface area contributed by atoms with Crippen molar-refractivity contribution < 1.29 is 4.42 Å². The summed E-state index contributed by atoms with van der Waals surface area (Å²) < 4.78 is 6.24. The zero-order chi connectivity index (χ0) is 15.8. The first-order valence-corrected chi connectivity index (χ1v) is 7.87. The summed E-state index contributed by atoms with van der Waals surface area (Å²) in [6, 6.07) is 18.5. The van der Waals surface area contributed by atoms with Crippen LogP contribution in [0.5, 0.6) is 0 Å². The van der Waals surface area contributed by atoms with Crippen LogP contribution in [0, 0.1) is 0 Å². The number of halogens is 1. The second kappa shape index (κ2) is 5.52. The molecule has 2 aromatic carbocycles. The number of hydrogen-bond donors (Lipinski definition) is 1. The van der Waals surface area contributed by atoms with Crippen LogP contribution in [-0.2, 0) is 0 Å². The minimum absolute atomic E-state index is 0.409. The molecule has 5 heteroatoms. The number of benzene rings is 2. The Bertz CT molecular complexity index is 979. The van der Waals surface area contributed by atoms with Crippen molar-refractivity contribution in [1.82, 2.24) is 9.97 Å². The molecular formula is C18H12BrN3O. The Labute approximate surface area is 141 Å². The van der Waals surface area contributed by atoms with Gasteiger partial charge in [0, 0.05) is 5.56 Å². The molecule has 0 fully saturated rings. The smallest absolute Gasteiger partial charge is 0.233 e. The molecule has 2 heterocycles. The average molecular weight is 366 g/mol. The Hall–Kier alpha value is -2.66. The Balaban J connectivity index is 1.85. The average Bonchev–Trinajstić information content (AvgIpc) is 2.93. The van der Waals surface area contributed by atoms with Crippen molar-refractivity contribution in [2.45, 2.75) is 0 Å². The van der Waals surface area contributed by atoms with E-state index in [2.05, 4.69) is 50.2 Å². The molecule has 0 saturated heterocycles. The molecule has 0 spiro atoms. The third-order valence-corrected chi connectivity index (χ3v) is 4.31. The van der Waals surface area contributed by atoms with Crippen LogP contribution < -0.4 is 5.73 Å². The summed E-state index contributed by atoms with van der Waals surface area (Å²) in [6.45, 7) is 0. The van der Waals surface area contributed by atoms with Gasteiger partial charge in [-0.1, -0.05) is 54.6 Å². The van der Waals surface area contributed by atoms with Gasteiger partial charge in [0.15, 0.2) is 4.67 Å². The molecule has 0 aliphatic rings. The zero-order valence-electron chi connectivity index (χ0n) is 12.0. The fourth-order valence-corrected chi connectivity index (χ4v) is 3.23. The first-order chi connectivity index (χ1) is 11.2. The third kappa shape index (κ3) is 2.39. The predicted octanol–water partition coefficient (Wildman–Crippen LogP) is 4.90. The number of nitrogen functional groups attached to an aromatic ring is 1. The van der Waals surface area contributed by atoms with Crippen LogP contribution in [0.1, 0.15) is 0 Å². The molecule has 112 valence electrons. The molecule has 4 nitrogen and oxygen atoms in total. The summed E-state index contributed by atoms with van der Waals surface area (Å²) in [6.07, 6.45) is 1.40. The maximum atomic E-state index is 6.00. The molecular weight excluding hydrogens is 354 g/mol. The molecule has 4 aromatic rings. The molecule has 4 rings (SSSR count).